The molecular formula is C7H9F3N4O2. The van der Waals surface area contributed by atoms with Gasteiger partial charge in [0, 0.05) is 6.54 Å². The highest BCUT2D eigenvalue weighted by Crippen LogP contribution is 2.36. The summed E-state index contributed by atoms with van der Waals surface area (Å²) in [6.07, 6.45) is -4.84. The summed E-state index contributed by atoms with van der Waals surface area (Å²) < 4.78 is 38.2. The van der Waals surface area contributed by atoms with Crippen LogP contribution in [-0.4, -0.2) is 21.2 Å². The third-order valence-corrected chi connectivity index (χ3v) is 1.97. The average Bonchev–Trinajstić information content (AvgIpc) is 2.44. The largest absolute Gasteiger partial charge is 0.442 e. The molecule has 1 aromatic heterocycles. The van der Waals surface area contributed by atoms with Crippen LogP contribution in [0.3, 0.4) is 0 Å². The van der Waals surface area contributed by atoms with E-state index < -0.39 is 22.5 Å². The smallest absolute Gasteiger partial charge is 0.329 e. The molecule has 0 saturated heterocycles. The first kappa shape index (κ1) is 12.4. The molecule has 0 radical (unpaired) electrons. The average molecular weight is 238 g/mol. The molecular weight excluding hydrogens is 229 g/mol. The Bertz CT molecular complexity index is 412. The molecule has 0 aliphatic heterocycles. The quantitative estimate of drug-likeness (QED) is 0.630. The lowest BCUT2D eigenvalue weighted by Crippen LogP contribution is -2.13. The zero-order valence-corrected chi connectivity index (χ0v) is 8.28. The number of nitro groups is 1. The molecule has 0 saturated carbocycles. The molecule has 90 valence electrons. The third-order valence-electron chi connectivity index (χ3n) is 1.97. The van der Waals surface area contributed by atoms with Crippen molar-refractivity contribution in [1.29, 1.82) is 0 Å². The Morgan fingerprint density at radius 1 is 1.56 bits per heavy atom. The summed E-state index contributed by atoms with van der Waals surface area (Å²) in [7, 11) is 0. The number of alkyl halides is 3. The Morgan fingerprint density at radius 2 is 2.12 bits per heavy atom. The third kappa shape index (κ3) is 2.13. The molecule has 9 heteroatoms. The monoisotopic (exact) mass is 238 g/mol. The zero-order chi connectivity index (χ0) is 12.5. The van der Waals surface area contributed by atoms with Crippen molar-refractivity contribution >= 4 is 5.69 Å². The molecule has 6 nitrogen and oxygen atoms in total. The standard InChI is InChI=1S/C7H9F3N4O2/c1-4-5(14(15)16)6(7(8,9)10)12-13(4)3-2-11/h2-3,11H2,1H3. The van der Waals surface area contributed by atoms with Crippen molar-refractivity contribution in [3.8, 4) is 0 Å². The molecule has 0 atom stereocenters. The van der Waals surface area contributed by atoms with E-state index in [0.29, 0.717) is 0 Å². The van der Waals surface area contributed by atoms with E-state index in [0.717, 1.165) is 4.68 Å². The zero-order valence-electron chi connectivity index (χ0n) is 8.28. The van der Waals surface area contributed by atoms with Crippen LogP contribution in [0.4, 0.5) is 18.9 Å². The predicted octanol–water partition coefficient (Wildman–Crippen LogP) is 1.08. The summed E-state index contributed by atoms with van der Waals surface area (Å²) in [6.45, 7) is 1.26. The highest BCUT2D eigenvalue weighted by atomic mass is 19.4. The molecule has 0 aliphatic rings. The van der Waals surface area contributed by atoms with E-state index in [1.54, 1.807) is 0 Å². The lowest BCUT2D eigenvalue weighted by atomic mass is 10.3. The van der Waals surface area contributed by atoms with E-state index in [1.165, 1.54) is 6.92 Å². The summed E-state index contributed by atoms with van der Waals surface area (Å²) in [5.74, 6) is 0. The van der Waals surface area contributed by atoms with Gasteiger partial charge in [0.05, 0.1) is 11.5 Å². The van der Waals surface area contributed by atoms with Gasteiger partial charge in [-0.1, -0.05) is 0 Å². The molecule has 16 heavy (non-hydrogen) atoms. The van der Waals surface area contributed by atoms with Gasteiger partial charge < -0.3 is 5.73 Å². The Hall–Kier alpha value is -1.64. The van der Waals surface area contributed by atoms with Gasteiger partial charge in [-0.05, 0) is 6.92 Å². The Balaban J connectivity index is 3.37. The highest BCUT2D eigenvalue weighted by molar-refractivity contribution is 5.42. The molecule has 0 unspecified atom stereocenters. The molecule has 2 N–H and O–H groups in total. The molecule has 0 fully saturated rings. The van der Waals surface area contributed by atoms with E-state index in [9.17, 15) is 23.3 Å². The van der Waals surface area contributed by atoms with Crippen LogP contribution >= 0.6 is 0 Å². The van der Waals surface area contributed by atoms with Crippen molar-refractivity contribution in [3.63, 3.8) is 0 Å². The molecule has 1 heterocycles. The lowest BCUT2D eigenvalue weighted by molar-refractivity contribution is -0.388. The van der Waals surface area contributed by atoms with Gasteiger partial charge >= 0.3 is 11.9 Å². The van der Waals surface area contributed by atoms with E-state index in [2.05, 4.69) is 5.10 Å². The van der Waals surface area contributed by atoms with Gasteiger partial charge in [0.15, 0.2) is 0 Å². The van der Waals surface area contributed by atoms with Crippen LogP contribution in [-0.2, 0) is 12.7 Å². The second-order valence-electron chi connectivity index (χ2n) is 3.05. The van der Waals surface area contributed by atoms with Crippen LogP contribution in [0.1, 0.15) is 11.4 Å². The maximum atomic E-state index is 12.4. The van der Waals surface area contributed by atoms with Gasteiger partial charge in [0.1, 0.15) is 5.69 Å². The minimum Gasteiger partial charge on any atom is -0.329 e. The molecule has 1 rings (SSSR count). The van der Waals surface area contributed by atoms with Gasteiger partial charge in [-0.2, -0.15) is 18.3 Å². The van der Waals surface area contributed by atoms with Crippen molar-refractivity contribution < 1.29 is 18.1 Å². The maximum absolute atomic E-state index is 12.4. The van der Waals surface area contributed by atoms with E-state index in [4.69, 9.17) is 5.73 Å². The molecule has 0 aliphatic carbocycles. The first-order valence-corrected chi connectivity index (χ1v) is 4.28. The number of nitrogens with two attached hydrogens (primary N) is 1. The fourth-order valence-corrected chi connectivity index (χ4v) is 1.29. The lowest BCUT2D eigenvalue weighted by Gasteiger charge is -2.00. The first-order chi connectivity index (χ1) is 7.29. The van der Waals surface area contributed by atoms with Gasteiger partial charge in [-0.3, -0.25) is 14.8 Å². The molecule has 0 spiro atoms. The minimum absolute atomic E-state index is 0.00273. The first-order valence-electron chi connectivity index (χ1n) is 4.28. The fourth-order valence-electron chi connectivity index (χ4n) is 1.29. The van der Waals surface area contributed by atoms with Crippen molar-refractivity contribution in [1.82, 2.24) is 9.78 Å². The fraction of sp³-hybridized carbons (Fsp3) is 0.571. The second kappa shape index (κ2) is 4.08. The second-order valence-corrected chi connectivity index (χ2v) is 3.05. The Morgan fingerprint density at radius 3 is 2.44 bits per heavy atom. The van der Waals surface area contributed by atoms with Gasteiger partial charge in [-0.25, -0.2) is 0 Å². The highest BCUT2D eigenvalue weighted by Gasteiger charge is 2.44. The van der Waals surface area contributed by atoms with E-state index in [-0.39, 0.29) is 18.8 Å². The number of hydrogen-bond acceptors (Lipinski definition) is 4. The van der Waals surface area contributed by atoms with Crippen molar-refractivity contribution in [2.75, 3.05) is 6.54 Å². The van der Waals surface area contributed by atoms with Crippen LogP contribution in [0, 0.1) is 17.0 Å². The van der Waals surface area contributed by atoms with Gasteiger partial charge in [0.25, 0.3) is 0 Å². The summed E-state index contributed by atoms with van der Waals surface area (Å²) >= 11 is 0. The van der Waals surface area contributed by atoms with Crippen LogP contribution < -0.4 is 5.73 Å². The van der Waals surface area contributed by atoms with E-state index in [1.807, 2.05) is 0 Å². The molecule has 0 bridgehead atoms. The van der Waals surface area contributed by atoms with Crippen LogP contribution in [0.25, 0.3) is 0 Å². The van der Waals surface area contributed by atoms with Crippen molar-refractivity contribution in [2.24, 2.45) is 5.73 Å². The van der Waals surface area contributed by atoms with Gasteiger partial charge in [0.2, 0.25) is 5.69 Å². The summed E-state index contributed by atoms with van der Waals surface area (Å²) in [4.78, 5) is 9.44. The number of aromatic nitrogens is 2. The number of hydrogen-bond donors (Lipinski definition) is 1. The number of nitrogens with zero attached hydrogens (tertiary/aromatic N) is 3. The summed E-state index contributed by atoms with van der Waals surface area (Å²) in [5, 5.41) is 13.7. The van der Waals surface area contributed by atoms with Crippen molar-refractivity contribution in [2.45, 2.75) is 19.6 Å². The number of rotatable bonds is 3. The normalized spacial score (nSPS) is 11.8. The predicted molar refractivity (Wildman–Crippen MR) is 47.7 cm³/mol. The van der Waals surface area contributed by atoms with Gasteiger partial charge in [-0.15, -0.1) is 0 Å². The van der Waals surface area contributed by atoms with E-state index >= 15 is 0 Å². The van der Waals surface area contributed by atoms with Crippen LogP contribution in [0.2, 0.25) is 0 Å². The maximum Gasteiger partial charge on any atom is 0.442 e. The Labute approximate surface area is 88.0 Å². The number of halogens is 3. The molecule has 0 amide bonds. The summed E-state index contributed by atoms with van der Waals surface area (Å²) in [5.41, 5.74) is 2.52. The topological polar surface area (TPSA) is 87.0 Å². The molecule has 1 aromatic rings. The summed E-state index contributed by atoms with van der Waals surface area (Å²) in [6, 6.07) is 0. The van der Waals surface area contributed by atoms with Crippen molar-refractivity contribution in [3.05, 3.63) is 21.5 Å². The SMILES string of the molecule is Cc1c([N+](=O)[O-])c(C(F)(F)F)nn1CCN. The molecule has 0 aromatic carbocycles. The van der Waals surface area contributed by atoms with Crippen LogP contribution in [0.5, 0.6) is 0 Å². The van der Waals surface area contributed by atoms with Crippen LogP contribution in [0.15, 0.2) is 0 Å². The Kier molecular flexibility index (Phi) is 3.17. The minimum atomic E-state index is -4.84.